The highest BCUT2D eigenvalue weighted by molar-refractivity contribution is 6.33. The molecule has 0 saturated carbocycles. The van der Waals surface area contributed by atoms with Crippen LogP contribution in [-0.4, -0.2) is 30.4 Å². The number of anilines is 1. The SMILES string of the molecule is CC(NC(=O)c1ccccc1Cl)C(=O)OCC(=O)Nc1ccc(Cl)cc1. The lowest BCUT2D eigenvalue weighted by atomic mass is 10.2. The Morgan fingerprint density at radius 1 is 1.04 bits per heavy atom. The minimum Gasteiger partial charge on any atom is -0.454 e. The van der Waals surface area contributed by atoms with Gasteiger partial charge < -0.3 is 15.4 Å². The van der Waals surface area contributed by atoms with E-state index in [1.165, 1.54) is 13.0 Å². The number of esters is 1. The zero-order valence-electron chi connectivity index (χ0n) is 13.8. The molecule has 0 saturated heterocycles. The number of carbonyl (C=O) groups is 3. The van der Waals surface area contributed by atoms with Crippen LogP contribution < -0.4 is 10.6 Å². The highest BCUT2D eigenvalue weighted by Gasteiger charge is 2.20. The van der Waals surface area contributed by atoms with Crippen LogP contribution >= 0.6 is 23.2 Å². The topological polar surface area (TPSA) is 84.5 Å². The average Bonchev–Trinajstić information content (AvgIpc) is 2.61. The number of carbonyl (C=O) groups excluding carboxylic acids is 3. The van der Waals surface area contributed by atoms with Crippen LogP contribution in [0.25, 0.3) is 0 Å². The van der Waals surface area contributed by atoms with E-state index in [1.807, 2.05) is 0 Å². The van der Waals surface area contributed by atoms with Gasteiger partial charge in [-0.1, -0.05) is 35.3 Å². The molecule has 6 nitrogen and oxygen atoms in total. The molecular weight excluding hydrogens is 379 g/mol. The molecule has 0 aliphatic rings. The summed E-state index contributed by atoms with van der Waals surface area (Å²) in [5.74, 6) is -1.76. The molecule has 2 amide bonds. The number of amides is 2. The third-order valence-electron chi connectivity index (χ3n) is 3.29. The first-order chi connectivity index (χ1) is 12.4. The molecule has 0 bridgehead atoms. The fourth-order valence-corrected chi connectivity index (χ4v) is 2.32. The van der Waals surface area contributed by atoms with Crippen molar-refractivity contribution in [3.63, 3.8) is 0 Å². The summed E-state index contributed by atoms with van der Waals surface area (Å²) < 4.78 is 4.90. The normalized spacial score (nSPS) is 11.3. The van der Waals surface area contributed by atoms with Gasteiger partial charge >= 0.3 is 5.97 Å². The van der Waals surface area contributed by atoms with Crippen molar-refractivity contribution in [1.82, 2.24) is 5.32 Å². The highest BCUT2D eigenvalue weighted by atomic mass is 35.5. The quantitative estimate of drug-likeness (QED) is 0.736. The molecule has 136 valence electrons. The zero-order valence-corrected chi connectivity index (χ0v) is 15.3. The van der Waals surface area contributed by atoms with Crippen LogP contribution in [0.3, 0.4) is 0 Å². The first-order valence-electron chi connectivity index (χ1n) is 7.64. The number of nitrogens with one attached hydrogen (secondary N) is 2. The number of hydrogen-bond acceptors (Lipinski definition) is 4. The number of ether oxygens (including phenoxy) is 1. The lowest BCUT2D eigenvalue weighted by Crippen LogP contribution is -2.40. The van der Waals surface area contributed by atoms with Gasteiger partial charge in [0.05, 0.1) is 10.6 Å². The summed E-state index contributed by atoms with van der Waals surface area (Å²) in [5.41, 5.74) is 0.768. The molecule has 2 N–H and O–H groups in total. The molecule has 0 spiro atoms. The molecule has 1 atom stereocenters. The van der Waals surface area contributed by atoms with Crippen LogP contribution in [-0.2, 0) is 14.3 Å². The molecular formula is C18H16Cl2N2O4. The second-order valence-corrected chi connectivity index (χ2v) is 6.18. The summed E-state index contributed by atoms with van der Waals surface area (Å²) in [6.45, 7) is 0.974. The molecule has 1 unspecified atom stereocenters. The largest absolute Gasteiger partial charge is 0.454 e. The van der Waals surface area contributed by atoms with E-state index in [-0.39, 0.29) is 10.6 Å². The Bertz CT molecular complexity index is 809. The molecule has 0 heterocycles. The molecule has 26 heavy (non-hydrogen) atoms. The minimum absolute atomic E-state index is 0.245. The molecule has 0 aliphatic heterocycles. The average molecular weight is 395 g/mol. The molecule has 2 rings (SSSR count). The minimum atomic E-state index is -0.942. The van der Waals surface area contributed by atoms with Crippen molar-refractivity contribution in [2.45, 2.75) is 13.0 Å². The van der Waals surface area contributed by atoms with E-state index in [4.69, 9.17) is 27.9 Å². The first kappa shape index (κ1) is 19.8. The standard InChI is InChI=1S/C18H16Cl2N2O4/c1-11(21-17(24)14-4-2-3-5-15(14)20)18(25)26-10-16(23)22-13-8-6-12(19)7-9-13/h2-9,11H,10H2,1H3,(H,21,24)(H,22,23). The van der Waals surface area contributed by atoms with Gasteiger partial charge in [0.2, 0.25) is 0 Å². The third kappa shape index (κ3) is 5.75. The number of hydrogen-bond donors (Lipinski definition) is 2. The highest BCUT2D eigenvalue weighted by Crippen LogP contribution is 2.15. The summed E-state index contributed by atoms with van der Waals surface area (Å²) in [6, 6.07) is 12.0. The van der Waals surface area contributed by atoms with Gasteiger partial charge in [0.1, 0.15) is 6.04 Å². The Balaban J connectivity index is 1.81. The van der Waals surface area contributed by atoms with E-state index in [0.717, 1.165) is 0 Å². The van der Waals surface area contributed by atoms with Crippen LogP contribution in [0.1, 0.15) is 17.3 Å². The fourth-order valence-electron chi connectivity index (χ4n) is 1.97. The number of halogens is 2. The molecule has 2 aromatic carbocycles. The fraction of sp³-hybridized carbons (Fsp3) is 0.167. The van der Waals surface area contributed by atoms with E-state index in [1.54, 1.807) is 42.5 Å². The van der Waals surface area contributed by atoms with Crippen LogP contribution in [0.2, 0.25) is 10.0 Å². The number of rotatable bonds is 6. The Morgan fingerprint density at radius 2 is 1.69 bits per heavy atom. The molecule has 0 fully saturated rings. The van der Waals surface area contributed by atoms with E-state index in [2.05, 4.69) is 10.6 Å². The lowest BCUT2D eigenvalue weighted by molar-refractivity contribution is -0.148. The maximum Gasteiger partial charge on any atom is 0.328 e. The maximum atomic E-state index is 12.1. The van der Waals surface area contributed by atoms with Gasteiger partial charge in [0.15, 0.2) is 6.61 Å². The molecule has 0 aliphatic carbocycles. The van der Waals surface area contributed by atoms with Gasteiger partial charge in [-0.15, -0.1) is 0 Å². The van der Waals surface area contributed by atoms with Gasteiger partial charge in [-0.2, -0.15) is 0 Å². The van der Waals surface area contributed by atoms with Crippen molar-refractivity contribution in [3.8, 4) is 0 Å². The second-order valence-electron chi connectivity index (χ2n) is 5.34. The van der Waals surface area contributed by atoms with Crippen molar-refractivity contribution < 1.29 is 19.1 Å². The van der Waals surface area contributed by atoms with Crippen molar-refractivity contribution in [2.24, 2.45) is 0 Å². The summed E-state index contributed by atoms with van der Waals surface area (Å²) in [6.07, 6.45) is 0. The van der Waals surface area contributed by atoms with E-state index >= 15 is 0 Å². The van der Waals surface area contributed by atoms with E-state index in [0.29, 0.717) is 10.7 Å². The van der Waals surface area contributed by atoms with Crippen molar-refractivity contribution >= 4 is 46.7 Å². The van der Waals surface area contributed by atoms with Gasteiger partial charge in [-0.25, -0.2) is 4.79 Å². The van der Waals surface area contributed by atoms with Gasteiger partial charge in [0, 0.05) is 10.7 Å². The van der Waals surface area contributed by atoms with Crippen LogP contribution in [0.15, 0.2) is 48.5 Å². The van der Waals surface area contributed by atoms with Crippen LogP contribution in [0.5, 0.6) is 0 Å². The Hall–Kier alpha value is -2.57. The summed E-state index contributed by atoms with van der Waals surface area (Å²) >= 11 is 11.7. The predicted molar refractivity (Wildman–Crippen MR) is 99.4 cm³/mol. The molecule has 0 radical (unpaired) electrons. The third-order valence-corrected chi connectivity index (χ3v) is 3.87. The van der Waals surface area contributed by atoms with Gasteiger partial charge in [-0.3, -0.25) is 9.59 Å². The Kier molecular flexibility index (Phi) is 7.00. The van der Waals surface area contributed by atoms with Crippen LogP contribution in [0, 0.1) is 0 Å². The van der Waals surface area contributed by atoms with Gasteiger partial charge in [-0.05, 0) is 43.3 Å². The summed E-state index contributed by atoms with van der Waals surface area (Å²) in [4.78, 5) is 35.8. The van der Waals surface area contributed by atoms with Crippen LogP contribution in [0.4, 0.5) is 5.69 Å². The second kappa shape index (κ2) is 9.22. The summed E-state index contributed by atoms with van der Waals surface area (Å²) in [7, 11) is 0. The van der Waals surface area contributed by atoms with Crippen molar-refractivity contribution in [3.05, 3.63) is 64.1 Å². The Labute approximate surface area is 160 Å². The monoisotopic (exact) mass is 394 g/mol. The van der Waals surface area contributed by atoms with E-state index < -0.39 is 30.4 Å². The summed E-state index contributed by atoms with van der Waals surface area (Å²) in [5, 5.41) is 5.84. The lowest BCUT2D eigenvalue weighted by Gasteiger charge is -2.14. The maximum absolute atomic E-state index is 12.1. The van der Waals surface area contributed by atoms with Crippen molar-refractivity contribution in [1.29, 1.82) is 0 Å². The van der Waals surface area contributed by atoms with Gasteiger partial charge in [0.25, 0.3) is 11.8 Å². The molecule has 8 heteroatoms. The molecule has 0 aromatic heterocycles. The smallest absolute Gasteiger partial charge is 0.328 e. The molecule has 2 aromatic rings. The van der Waals surface area contributed by atoms with Crippen molar-refractivity contribution in [2.75, 3.05) is 11.9 Å². The van der Waals surface area contributed by atoms with E-state index in [9.17, 15) is 14.4 Å². The Morgan fingerprint density at radius 3 is 2.35 bits per heavy atom. The zero-order chi connectivity index (χ0) is 19.1. The number of benzene rings is 2. The first-order valence-corrected chi connectivity index (χ1v) is 8.40. The predicted octanol–water partition coefficient (Wildman–Crippen LogP) is 3.29.